The molecule has 0 aliphatic carbocycles. The summed E-state index contributed by atoms with van der Waals surface area (Å²) in [5.41, 5.74) is 11.9. The molecule has 0 heterocycles. The van der Waals surface area contributed by atoms with Gasteiger partial charge in [0, 0.05) is 30.3 Å². The Labute approximate surface area is 191 Å². The van der Waals surface area contributed by atoms with Crippen LogP contribution in [0.15, 0.2) is 78.9 Å². The second-order valence-electron chi connectivity index (χ2n) is 8.94. The summed E-state index contributed by atoms with van der Waals surface area (Å²) in [5.74, 6) is 0.330. The number of phenols is 1. The van der Waals surface area contributed by atoms with Gasteiger partial charge in [-0.2, -0.15) is 0 Å². The number of hydrogen-bond donors (Lipinski definition) is 1. The molecule has 4 rings (SSSR count). The van der Waals surface area contributed by atoms with Crippen LogP contribution in [0.2, 0.25) is 0 Å². The molecule has 0 unspecified atom stereocenters. The SMILES string of the molecule is Cc1cc(C)cc(-c2cccc(-c3cc(C)cc(C)c3)c2N(C)Cc2ccccc2O)c1. The highest BCUT2D eigenvalue weighted by atomic mass is 16.3. The molecular formula is C30H31NO. The molecule has 0 aliphatic heterocycles. The van der Waals surface area contributed by atoms with Gasteiger partial charge in [-0.15, -0.1) is 0 Å². The largest absolute Gasteiger partial charge is 0.508 e. The van der Waals surface area contributed by atoms with E-state index in [1.54, 1.807) is 6.07 Å². The fourth-order valence-electron chi connectivity index (χ4n) is 4.66. The van der Waals surface area contributed by atoms with Crippen molar-refractivity contribution in [3.63, 3.8) is 0 Å². The molecule has 0 aliphatic rings. The van der Waals surface area contributed by atoms with Crippen molar-refractivity contribution >= 4 is 5.69 Å². The first-order chi connectivity index (χ1) is 15.3. The lowest BCUT2D eigenvalue weighted by Gasteiger charge is -2.27. The summed E-state index contributed by atoms with van der Waals surface area (Å²) in [7, 11) is 2.11. The van der Waals surface area contributed by atoms with E-state index in [0.29, 0.717) is 12.3 Å². The summed E-state index contributed by atoms with van der Waals surface area (Å²) in [6, 6.07) is 27.6. The number of benzene rings is 4. The molecule has 0 aromatic heterocycles. The van der Waals surface area contributed by atoms with Gasteiger partial charge >= 0.3 is 0 Å². The predicted molar refractivity (Wildman–Crippen MR) is 136 cm³/mol. The van der Waals surface area contributed by atoms with E-state index in [1.807, 2.05) is 18.2 Å². The molecule has 4 aromatic rings. The number of aromatic hydroxyl groups is 1. The molecule has 0 radical (unpaired) electrons. The van der Waals surface area contributed by atoms with Gasteiger partial charge in [0.25, 0.3) is 0 Å². The summed E-state index contributed by atoms with van der Waals surface area (Å²) >= 11 is 0. The first-order valence-corrected chi connectivity index (χ1v) is 11.1. The Balaban J connectivity index is 1.93. The molecule has 4 aromatic carbocycles. The summed E-state index contributed by atoms with van der Waals surface area (Å²) < 4.78 is 0. The van der Waals surface area contributed by atoms with Crippen molar-refractivity contribution < 1.29 is 5.11 Å². The Morgan fingerprint density at radius 1 is 0.625 bits per heavy atom. The summed E-state index contributed by atoms with van der Waals surface area (Å²) in [5, 5.41) is 10.4. The summed E-state index contributed by atoms with van der Waals surface area (Å²) in [6.45, 7) is 9.21. The van der Waals surface area contributed by atoms with Crippen LogP contribution in [0.4, 0.5) is 5.69 Å². The number of phenolic OH excluding ortho intramolecular Hbond substituents is 1. The van der Waals surface area contributed by atoms with Crippen LogP contribution >= 0.6 is 0 Å². The van der Waals surface area contributed by atoms with Crippen LogP contribution in [0, 0.1) is 27.7 Å². The van der Waals surface area contributed by atoms with E-state index in [-0.39, 0.29) is 0 Å². The van der Waals surface area contributed by atoms with Crippen molar-refractivity contribution in [3.8, 4) is 28.0 Å². The van der Waals surface area contributed by atoms with E-state index in [0.717, 1.165) is 5.56 Å². The molecular weight excluding hydrogens is 390 g/mol. The Kier molecular flexibility index (Phi) is 6.05. The van der Waals surface area contributed by atoms with Gasteiger partial charge in [0.1, 0.15) is 5.75 Å². The maximum Gasteiger partial charge on any atom is 0.120 e. The molecule has 0 amide bonds. The third-order valence-corrected chi connectivity index (χ3v) is 5.88. The van der Waals surface area contributed by atoms with Crippen molar-refractivity contribution in [1.29, 1.82) is 0 Å². The highest BCUT2D eigenvalue weighted by molar-refractivity contribution is 5.91. The van der Waals surface area contributed by atoms with Crippen LogP contribution < -0.4 is 4.90 Å². The lowest BCUT2D eigenvalue weighted by atomic mass is 9.92. The predicted octanol–water partition coefficient (Wildman–Crippen LogP) is 7.60. The van der Waals surface area contributed by atoms with Gasteiger partial charge in [-0.25, -0.2) is 0 Å². The van der Waals surface area contributed by atoms with Crippen molar-refractivity contribution in [2.24, 2.45) is 0 Å². The molecule has 0 bridgehead atoms. The van der Waals surface area contributed by atoms with E-state index in [1.165, 1.54) is 50.2 Å². The normalized spacial score (nSPS) is 10.9. The van der Waals surface area contributed by atoms with E-state index in [4.69, 9.17) is 0 Å². The highest BCUT2D eigenvalue weighted by Gasteiger charge is 2.18. The van der Waals surface area contributed by atoms with E-state index < -0.39 is 0 Å². The smallest absolute Gasteiger partial charge is 0.120 e. The Bertz CT molecular complexity index is 1160. The monoisotopic (exact) mass is 421 g/mol. The minimum absolute atomic E-state index is 0.330. The number of aryl methyl sites for hydroxylation is 4. The topological polar surface area (TPSA) is 23.5 Å². The van der Waals surface area contributed by atoms with Crippen LogP contribution in [0.5, 0.6) is 5.75 Å². The summed E-state index contributed by atoms with van der Waals surface area (Å²) in [4.78, 5) is 2.26. The first-order valence-electron chi connectivity index (χ1n) is 11.1. The van der Waals surface area contributed by atoms with Gasteiger partial charge in [0.05, 0.1) is 5.69 Å². The minimum atomic E-state index is 0.330. The second kappa shape index (κ2) is 8.92. The van der Waals surface area contributed by atoms with Gasteiger partial charge < -0.3 is 10.0 Å². The number of nitrogens with zero attached hydrogens (tertiary/aromatic N) is 1. The first kappa shape index (κ1) is 21.7. The quantitative estimate of drug-likeness (QED) is 0.359. The Morgan fingerprint density at radius 3 is 1.56 bits per heavy atom. The van der Waals surface area contributed by atoms with Gasteiger partial charge in [-0.1, -0.05) is 95.1 Å². The van der Waals surface area contributed by atoms with Gasteiger partial charge in [-0.05, 0) is 44.9 Å². The molecule has 162 valence electrons. The van der Waals surface area contributed by atoms with E-state index in [9.17, 15) is 5.11 Å². The fourth-order valence-corrected chi connectivity index (χ4v) is 4.66. The maximum absolute atomic E-state index is 10.4. The third kappa shape index (κ3) is 4.55. The zero-order chi connectivity index (χ0) is 22.8. The van der Waals surface area contributed by atoms with Crippen LogP contribution in [0.25, 0.3) is 22.3 Å². The maximum atomic E-state index is 10.4. The van der Waals surface area contributed by atoms with Crippen LogP contribution in [-0.4, -0.2) is 12.2 Å². The molecule has 0 spiro atoms. The molecule has 32 heavy (non-hydrogen) atoms. The van der Waals surface area contributed by atoms with Crippen molar-refractivity contribution in [2.45, 2.75) is 34.2 Å². The second-order valence-corrected chi connectivity index (χ2v) is 8.94. The zero-order valence-electron chi connectivity index (χ0n) is 19.6. The number of para-hydroxylation sites is 2. The van der Waals surface area contributed by atoms with Gasteiger partial charge in [-0.3, -0.25) is 0 Å². The highest BCUT2D eigenvalue weighted by Crippen LogP contribution is 2.41. The van der Waals surface area contributed by atoms with Gasteiger partial charge in [0.2, 0.25) is 0 Å². The molecule has 0 saturated carbocycles. The van der Waals surface area contributed by atoms with E-state index >= 15 is 0 Å². The standard InChI is InChI=1S/C30H31NO/c1-20-13-21(2)16-25(15-20)27-10-8-11-28(26-17-22(3)14-23(4)18-26)30(27)31(5)19-24-9-6-7-12-29(24)32/h6-18,32H,19H2,1-5H3. The zero-order valence-corrected chi connectivity index (χ0v) is 19.6. The third-order valence-electron chi connectivity index (χ3n) is 5.88. The number of hydrogen-bond acceptors (Lipinski definition) is 2. The average Bonchev–Trinajstić information content (AvgIpc) is 2.73. The Morgan fingerprint density at radius 2 is 1.09 bits per heavy atom. The Hall–Kier alpha value is -3.52. The summed E-state index contributed by atoms with van der Waals surface area (Å²) in [6.07, 6.45) is 0. The molecule has 2 nitrogen and oxygen atoms in total. The lowest BCUT2D eigenvalue weighted by molar-refractivity contribution is 0.468. The minimum Gasteiger partial charge on any atom is -0.508 e. The van der Waals surface area contributed by atoms with E-state index in [2.05, 4.69) is 94.2 Å². The van der Waals surface area contributed by atoms with Gasteiger partial charge in [0.15, 0.2) is 0 Å². The molecule has 0 atom stereocenters. The van der Waals surface area contributed by atoms with Crippen LogP contribution in [0.1, 0.15) is 27.8 Å². The average molecular weight is 422 g/mol. The fraction of sp³-hybridized carbons (Fsp3) is 0.200. The van der Waals surface area contributed by atoms with Crippen LogP contribution in [0.3, 0.4) is 0 Å². The van der Waals surface area contributed by atoms with Crippen molar-refractivity contribution in [2.75, 3.05) is 11.9 Å². The molecule has 2 heteroatoms. The molecule has 0 saturated heterocycles. The molecule has 0 fully saturated rings. The number of anilines is 1. The lowest BCUT2D eigenvalue weighted by Crippen LogP contribution is -2.18. The number of rotatable bonds is 5. The van der Waals surface area contributed by atoms with Crippen molar-refractivity contribution in [1.82, 2.24) is 0 Å². The molecule has 1 N–H and O–H groups in total. The van der Waals surface area contributed by atoms with Crippen molar-refractivity contribution in [3.05, 3.63) is 107 Å². The van der Waals surface area contributed by atoms with Crippen LogP contribution in [-0.2, 0) is 6.54 Å².